The molecule has 0 aliphatic rings. The lowest BCUT2D eigenvalue weighted by Gasteiger charge is -2.24. The largest absolute Gasteiger partial charge is 0.395 e. The number of nitrogens with two attached hydrogens (primary N) is 2. The second kappa shape index (κ2) is 13.5. The Kier molecular flexibility index (Phi) is 10.7. The molecule has 0 aliphatic carbocycles. The van der Waals surface area contributed by atoms with Crippen LogP contribution in [0.5, 0.6) is 0 Å². The molecule has 2 aromatic rings. The lowest BCUT2D eigenvalue weighted by atomic mass is 10.1. The van der Waals surface area contributed by atoms with E-state index in [9.17, 15) is 5.11 Å². The summed E-state index contributed by atoms with van der Waals surface area (Å²) in [7, 11) is 1.69. The number of methoxy groups -OCH3 is 1. The topological polar surface area (TPSA) is 135 Å². The molecule has 0 radical (unpaired) electrons. The Morgan fingerprint density at radius 3 is 2.58 bits per heavy atom. The summed E-state index contributed by atoms with van der Waals surface area (Å²) in [5.74, 6) is 0.678. The molecule has 0 saturated carbocycles. The number of nitrogens with one attached hydrogen (secondary N) is 1. The number of rotatable bonds is 14. The maximum atomic E-state index is 9.39. The molecule has 1 aromatic heterocycles. The van der Waals surface area contributed by atoms with Gasteiger partial charge in [-0.3, -0.25) is 4.99 Å². The third-order valence-electron chi connectivity index (χ3n) is 4.75. The van der Waals surface area contributed by atoms with Gasteiger partial charge in [0.1, 0.15) is 11.4 Å². The number of hydrogen-bond acceptors (Lipinski definition) is 9. The minimum Gasteiger partial charge on any atom is -0.395 e. The summed E-state index contributed by atoms with van der Waals surface area (Å²) < 4.78 is 5.03. The van der Waals surface area contributed by atoms with Crippen LogP contribution in [0.25, 0.3) is 0 Å². The molecule has 0 saturated heterocycles. The number of aliphatic hydroxyl groups excluding tert-OH is 1. The van der Waals surface area contributed by atoms with Crippen molar-refractivity contribution in [2.45, 2.75) is 32.9 Å². The number of anilines is 3. The number of aliphatic hydroxyl groups is 1. The summed E-state index contributed by atoms with van der Waals surface area (Å²) in [4.78, 5) is 15.0. The minimum atomic E-state index is 0.00831. The fourth-order valence-electron chi connectivity index (χ4n) is 3.03. The van der Waals surface area contributed by atoms with Crippen LogP contribution in [0.15, 0.2) is 29.3 Å². The first-order valence-corrected chi connectivity index (χ1v) is 10.6. The molecule has 9 heteroatoms. The van der Waals surface area contributed by atoms with Crippen LogP contribution in [0, 0.1) is 0 Å². The molecular weight excluding hydrogens is 394 g/mol. The Morgan fingerprint density at radius 1 is 1.16 bits per heavy atom. The first-order chi connectivity index (χ1) is 15.1. The van der Waals surface area contributed by atoms with E-state index >= 15 is 0 Å². The third-order valence-corrected chi connectivity index (χ3v) is 4.75. The van der Waals surface area contributed by atoms with E-state index in [4.69, 9.17) is 16.2 Å². The Hall–Kier alpha value is -2.75. The molecule has 1 heterocycles. The molecular formula is C22H35N7O2. The predicted molar refractivity (Wildman–Crippen MR) is 126 cm³/mol. The third kappa shape index (κ3) is 8.12. The van der Waals surface area contributed by atoms with Crippen molar-refractivity contribution in [2.24, 2.45) is 4.99 Å². The summed E-state index contributed by atoms with van der Waals surface area (Å²) in [5, 5.41) is 12.7. The smallest absolute Gasteiger partial charge is 0.222 e. The lowest BCUT2D eigenvalue weighted by molar-refractivity contribution is 0.199. The van der Waals surface area contributed by atoms with Crippen LogP contribution in [0.4, 0.5) is 17.5 Å². The van der Waals surface area contributed by atoms with Crippen molar-refractivity contribution in [3.8, 4) is 0 Å². The van der Waals surface area contributed by atoms with Gasteiger partial charge >= 0.3 is 0 Å². The maximum absolute atomic E-state index is 9.39. The van der Waals surface area contributed by atoms with Crippen molar-refractivity contribution in [1.82, 2.24) is 15.3 Å². The number of unbranched alkanes of at least 4 members (excludes halogenated alkanes) is 1. The molecule has 1 aromatic carbocycles. The molecule has 31 heavy (non-hydrogen) atoms. The van der Waals surface area contributed by atoms with E-state index in [1.165, 1.54) is 5.56 Å². The van der Waals surface area contributed by atoms with Crippen molar-refractivity contribution in [1.29, 1.82) is 0 Å². The normalized spacial score (nSPS) is 11.3. The fourth-order valence-corrected chi connectivity index (χ4v) is 3.03. The summed E-state index contributed by atoms with van der Waals surface area (Å²) in [6, 6.07) is 8.28. The number of ether oxygens (including phenoxy) is 1. The van der Waals surface area contributed by atoms with Gasteiger partial charge < -0.3 is 31.5 Å². The van der Waals surface area contributed by atoms with E-state index in [2.05, 4.69) is 51.5 Å². The molecule has 170 valence electrons. The fraction of sp³-hybridized carbons (Fsp3) is 0.500. The van der Waals surface area contributed by atoms with Gasteiger partial charge in [0.25, 0.3) is 0 Å². The predicted octanol–water partition coefficient (Wildman–Crippen LogP) is 1.59. The number of aliphatic imine (C=N–C) groups is 1. The van der Waals surface area contributed by atoms with Gasteiger partial charge in [-0.25, -0.2) is 4.98 Å². The van der Waals surface area contributed by atoms with Crippen molar-refractivity contribution in [2.75, 3.05) is 56.3 Å². The highest BCUT2D eigenvalue weighted by Gasteiger charge is 2.15. The van der Waals surface area contributed by atoms with Gasteiger partial charge in [0, 0.05) is 39.5 Å². The zero-order chi connectivity index (χ0) is 22.5. The molecule has 0 amide bonds. The number of nitrogens with zero attached hydrogens (tertiary/aromatic N) is 4. The average molecular weight is 430 g/mol. The summed E-state index contributed by atoms with van der Waals surface area (Å²) in [6.07, 6.45) is 3.62. The summed E-state index contributed by atoms with van der Waals surface area (Å²) >= 11 is 0. The van der Waals surface area contributed by atoms with Crippen molar-refractivity contribution >= 4 is 23.7 Å². The second-order valence-corrected chi connectivity index (χ2v) is 7.22. The maximum Gasteiger partial charge on any atom is 0.222 e. The standard InChI is InChI=1S/C22H35N7O2/c1-3-4-10-29(11-12-30)21-20(23)19(27-22(24)28-21)16-26-15-18-7-5-17(6-8-18)14-25-9-13-31-2/h5-8,16,25,30H,3-4,9-15,23H2,1-2H3,(H2,24,27,28). The van der Waals surface area contributed by atoms with Crippen LogP contribution in [-0.4, -0.2) is 61.2 Å². The van der Waals surface area contributed by atoms with Crippen LogP contribution in [-0.2, 0) is 17.8 Å². The van der Waals surface area contributed by atoms with Gasteiger partial charge in [-0.1, -0.05) is 37.6 Å². The van der Waals surface area contributed by atoms with E-state index in [1.807, 2.05) is 4.90 Å². The minimum absolute atomic E-state index is 0.00831. The van der Waals surface area contributed by atoms with Crippen LogP contribution in [0.1, 0.15) is 36.6 Å². The van der Waals surface area contributed by atoms with E-state index < -0.39 is 0 Å². The number of benzene rings is 1. The molecule has 0 aliphatic heterocycles. The van der Waals surface area contributed by atoms with E-state index in [1.54, 1.807) is 13.3 Å². The molecule has 0 fully saturated rings. The first-order valence-electron chi connectivity index (χ1n) is 10.6. The molecule has 6 N–H and O–H groups in total. The van der Waals surface area contributed by atoms with Crippen LogP contribution >= 0.6 is 0 Å². The van der Waals surface area contributed by atoms with Gasteiger partial charge in [0.05, 0.1) is 19.8 Å². The monoisotopic (exact) mass is 429 g/mol. The summed E-state index contributed by atoms with van der Waals surface area (Å²) in [5.41, 5.74) is 15.4. The highest BCUT2D eigenvalue weighted by molar-refractivity contribution is 5.89. The molecule has 0 atom stereocenters. The van der Waals surface area contributed by atoms with Gasteiger partial charge in [-0.15, -0.1) is 0 Å². The zero-order valence-corrected chi connectivity index (χ0v) is 18.5. The van der Waals surface area contributed by atoms with Gasteiger partial charge in [-0.2, -0.15) is 4.98 Å². The zero-order valence-electron chi connectivity index (χ0n) is 18.5. The van der Waals surface area contributed by atoms with Gasteiger partial charge in [-0.05, 0) is 17.5 Å². The average Bonchev–Trinajstić information content (AvgIpc) is 2.77. The van der Waals surface area contributed by atoms with E-state index in [0.717, 1.165) is 38.0 Å². The quantitative estimate of drug-likeness (QED) is 0.263. The molecule has 2 rings (SSSR count). The van der Waals surface area contributed by atoms with Crippen molar-refractivity contribution in [3.63, 3.8) is 0 Å². The Labute approximate surface area is 184 Å². The SMILES string of the molecule is CCCCN(CCO)c1nc(N)nc(C=NCc2ccc(CNCCOC)cc2)c1N. The van der Waals surface area contributed by atoms with Crippen LogP contribution in [0.3, 0.4) is 0 Å². The van der Waals surface area contributed by atoms with Crippen LogP contribution in [0.2, 0.25) is 0 Å². The molecule has 0 unspecified atom stereocenters. The van der Waals surface area contributed by atoms with Crippen molar-refractivity contribution in [3.05, 3.63) is 41.1 Å². The number of hydrogen-bond donors (Lipinski definition) is 4. The Bertz CT molecular complexity index is 812. The van der Waals surface area contributed by atoms with E-state index in [-0.39, 0.29) is 12.6 Å². The highest BCUT2D eigenvalue weighted by atomic mass is 16.5. The molecule has 9 nitrogen and oxygen atoms in total. The highest BCUT2D eigenvalue weighted by Crippen LogP contribution is 2.24. The number of aromatic nitrogens is 2. The second-order valence-electron chi connectivity index (χ2n) is 7.22. The summed E-state index contributed by atoms with van der Waals surface area (Å²) in [6.45, 7) is 6.11. The number of nitrogen functional groups attached to an aromatic ring is 2. The lowest BCUT2D eigenvalue weighted by Crippen LogP contribution is -2.30. The van der Waals surface area contributed by atoms with Gasteiger partial charge in [0.2, 0.25) is 5.95 Å². The van der Waals surface area contributed by atoms with Crippen molar-refractivity contribution < 1.29 is 9.84 Å². The van der Waals surface area contributed by atoms with Gasteiger partial charge in [0.15, 0.2) is 5.82 Å². The Balaban J connectivity index is 2.04. The van der Waals surface area contributed by atoms with E-state index in [0.29, 0.717) is 36.9 Å². The molecule has 0 bridgehead atoms. The molecule has 0 spiro atoms. The van der Waals surface area contributed by atoms with Crippen LogP contribution < -0.4 is 21.7 Å². The first kappa shape index (κ1) is 24.5. The Morgan fingerprint density at radius 2 is 1.90 bits per heavy atom.